The number of rotatable bonds is 9. The van der Waals surface area contributed by atoms with Crippen molar-refractivity contribution in [3.05, 3.63) is 0 Å². The highest BCUT2D eigenvalue weighted by atomic mass is 16.5. The summed E-state index contributed by atoms with van der Waals surface area (Å²) in [4.78, 5) is 13.6. The SMILES string of the molecule is COCCN(CCC(N)C(=O)OC)C(C)C1CC1. The molecule has 0 spiro atoms. The molecule has 1 rings (SSSR count). The van der Waals surface area contributed by atoms with E-state index in [1.165, 1.54) is 20.0 Å². The largest absolute Gasteiger partial charge is 0.468 e. The van der Waals surface area contributed by atoms with E-state index in [4.69, 9.17) is 10.5 Å². The van der Waals surface area contributed by atoms with Crippen LogP contribution < -0.4 is 5.73 Å². The summed E-state index contributed by atoms with van der Waals surface area (Å²) >= 11 is 0. The fraction of sp³-hybridized carbons (Fsp3) is 0.923. The molecule has 1 aliphatic rings. The van der Waals surface area contributed by atoms with Crippen LogP contribution in [-0.4, -0.2) is 56.9 Å². The van der Waals surface area contributed by atoms with Crippen LogP contribution in [0.25, 0.3) is 0 Å². The van der Waals surface area contributed by atoms with Crippen LogP contribution in [-0.2, 0) is 14.3 Å². The lowest BCUT2D eigenvalue weighted by Crippen LogP contribution is -2.42. The molecule has 0 aromatic rings. The monoisotopic (exact) mass is 258 g/mol. The van der Waals surface area contributed by atoms with Crippen LogP contribution in [0, 0.1) is 5.92 Å². The number of carbonyl (C=O) groups is 1. The molecule has 0 heterocycles. The van der Waals surface area contributed by atoms with Crippen molar-refractivity contribution in [3.8, 4) is 0 Å². The molecular weight excluding hydrogens is 232 g/mol. The Bertz CT molecular complexity index is 257. The molecule has 0 saturated heterocycles. The summed E-state index contributed by atoms with van der Waals surface area (Å²) in [5.74, 6) is 0.469. The quantitative estimate of drug-likeness (QED) is 0.614. The lowest BCUT2D eigenvalue weighted by atomic mass is 10.1. The minimum atomic E-state index is -0.522. The second-order valence-corrected chi connectivity index (χ2v) is 5.03. The van der Waals surface area contributed by atoms with E-state index in [1.807, 2.05) is 0 Å². The van der Waals surface area contributed by atoms with Gasteiger partial charge in [-0.2, -0.15) is 0 Å². The maximum absolute atomic E-state index is 11.3. The van der Waals surface area contributed by atoms with Crippen molar-refractivity contribution in [2.24, 2.45) is 11.7 Å². The molecule has 1 saturated carbocycles. The van der Waals surface area contributed by atoms with Gasteiger partial charge >= 0.3 is 5.97 Å². The summed E-state index contributed by atoms with van der Waals surface area (Å²) in [5.41, 5.74) is 5.76. The Balaban J connectivity index is 2.37. The van der Waals surface area contributed by atoms with Crippen LogP contribution in [0.15, 0.2) is 0 Å². The maximum Gasteiger partial charge on any atom is 0.322 e. The number of nitrogens with zero attached hydrogens (tertiary/aromatic N) is 1. The molecule has 2 unspecified atom stereocenters. The first-order valence-corrected chi connectivity index (χ1v) is 6.66. The fourth-order valence-electron chi connectivity index (χ4n) is 2.18. The Morgan fingerprint density at radius 2 is 2.06 bits per heavy atom. The predicted octanol–water partition coefficient (Wildman–Crippen LogP) is 0.624. The van der Waals surface area contributed by atoms with E-state index < -0.39 is 6.04 Å². The zero-order valence-electron chi connectivity index (χ0n) is 11.7. The number of carbonyl (C=O) groups excluding carboxylic acids is 1. The predicted molar refractivity (Wildman–Crippen MR) is 70.2 cm³/mol. The zero-order chi connectivity index (χ0) is 13.5. The molecule has 0 aromatic heterocycles. The molecule has 5 nitrogen and oxygen atoms in total. The molecule has 18 heavy (non-hydrogen) atoms. The van der Waals surface area contributed by atoms with Gasteiger partial charge < -0.3 is 15.2 Å². The summed E-state index contributed by atoms with van der Waals surface area (Å²) in [6.45, 7) is 4.67. The third-order valence-corrected chi connectivity index (χ3v) is 3.69. The van der Waals surface area contributed by atoms with Crippen molar-refractivity contribution in [3.63, 3.8) is 0 Å². The summed E-state index contributed by atoms with van der Waals surface area (Å²) in [5, 5.41) is 0. The molecule has 1 fully saturated rings. The van der Waals surface area contributed by atoms with E-state index in [0.717, 1.165) is 19.0 Å². The normalized spacial score (nSPS) is 18.7. The standard InChI is InChI=1S/C13H26N2O3/c1-10(11-4-5-11)15(8-9-17-2)7-6-12(14)13(16)18-3/h10-12H,4-9,14H2,1-3H3. The Kier molecular flexibility index (Phi) is 6.60. The average molecular weight is 258 g/mol. The van der Waals surface area contributed by atoms with Crippen LogP contribution in [0.1, 0.15) is 26.2 Å². The van der Waals surface area contributed by atoms with Gasteiger partial charge in [-0.15, -0.1) is 0 Å². The number of esters is 1. The molecular formula is C13H26N2O3. The third kappa shape index (κ3) is 4.92. The van der Waals surface area contributed by atoms with Gasteiger partial charge in [-0.1, -0.05) is 0 Å². The molecule has 0 aliphatic heterocycles. The van der Waals surface area contributed by atoms with Crippen molar-refractivity contribution in [2.45, 2.75) is 38.3 Å². The van der Waals surface area contributed by atoms with Gasteiger partial charge in [0.25, 0.3) is 0 Å². The van der Waals surface area contributed by atoms with Crippen molar-refractivity contribution in [1.29, 1.82) is 0 Å². The molecule has 106 valence electrons. The molecule has 0 bridgehead atoms. The van der Waals surface area contributed by atoms with E-state index in [-0.39, 0.29) is 5.97 Å². The average Bonchev–Trinajstić information content (AvgIpc) is 3.21. The summed E-state index contributed by atoms with van der Waals surface area (Å²) in [6.07, 6.45) is 3.26. The van der Waals surface area contributed by atoms with E-state index >= 15 is 0 Å². The van der Waals surface area contributed by atoms with E-state index in [1.54, 1.807) is 7.11 Å². The van der Waals surface area contributed by atoms with E-state index in [9.17, 15) is 4.79 Å². The maximum atomic E-state index is 11.3. The highest BCUT2D eigenvalue weighted by Crippen LogP contribution is 2.35. The Morgan fingerprint density at radius 1 is 1.39 bits per heavy atom. The van der Waals surface area contributed by atoms with Crippen molar-refractivity contribution >= 4 is 5.97 Å². The minimum Gasteiger partial charge on any atom is -0.468 e. The van der Waals surface area contributed by atoms with Gasteiger partial charge in [-0.3, -0.25) is 9.69 Å². The Labute approximate surface area is 110 Å². The summed E-state index contributed by atoms with van der Waals surface area (Å²) in [6, 6.07) is 0.0245. The van der Waals surface area contributed by atoms with Gasteiger partial charge in [-0.25, -0.2) is 0 Å². The smallest absolute Gasteiger partial charge is 0.322 e. The molecule has 5 heteroatoms. The lowest BCUT2D eigenvalue weighted by molar-refractivity contribution is -0.142. The van der Waals surface area contributed by atoms with Crippen molar-refractivity contribution in [1.82, 2.24) is 4.90 Å². The zero-order valence-corrected chi connectivity index (χ0v) is 11.7. The highest BCUT2D eigenvalue weighted by Gasteiger charge is 2.32. The van der Waals surface area contributed by atoms with Gasteiger partial charge in [0.1, 0.15) is 6.04 Å². The van der Waals surface area contributed by atoms with Gasteiger partial charge in [0, 0.05) is 26.2 Å². The van der Waals surface area contributed by atoms with Gasteiger partial charge in [0.15, 0.2) is 0 Å². The van der Waals surface area contributed by atoms with Crippen molar-refractivity contribution < 1.29 is 14.3 Å². The molecule has 2 N–H and O–H groups in total. The van der Waals surface area contributed by atoms with E-state index in [2.05, 4.69) is 16.6 Å². The topological polar surface area (TPSA) is 64.8 Å². The fourth-order valence-corrected chi connectivity index (χ4v) is 2.18. The molecule has 1 aliphatic carbocycles. The Hall–Kier alpha value is -0.650. The van der Waals surface area contributed by atoms with Crippen LogP contribution in [0.4, 0.5) is 0 Å². The highest BCUT2D eigenvalue weighted by molar-refractivity contribution is 5.75. The third-order valence-electron chi connectivity index (χ3n) is 3.69. The number of hydrogen-bond acceptors (Lipinski definition) is 5. The summed E-state index contributed by atoms with van der Waals surface area (Å²) in [7, 11) is 3.08. The first-order chi connectivity index (χ1) is 8.60. The Morgan fingerprint density at radius 3 is 2.56 bits per heavy atom. The van der Waals surface area contributed by atoms with Gasteiger partial charge in [0.2, 0.25) is 0 Å². The first-order valence-electron chi connectivity index (χ1n) is 6.66. The second-order valence-electron chi connectivity index (χ2n) is 5.03. The minimum absolute atomic E-state index is 0.333. The first kappa shape index (κ1) is 15.4. The van der Waals surface area contributed by atoms with E-state index in [0.29, 0.717) is 19.1 Å². The molecule has 0 aromatic carbocycles. The second kappa shape index (κ2) is 7.71. The van der Waals surface area contributed by atoms with Gasteiger partial charge in [0.05, 0.1) is 13.7 Å². The van der Waals surface area contributed by atoms with Crippen LogP contribution in [0.2, 0.25) is 0 Å². The van der Waals surface area contributed by atoms with Crippen LogP contribution >= 0.6 is 0 Å². The van der Waals surface area contributed by atoms with Crippen LogP contribution in [0.5, 0.6) is 0 Å². The van der Waals surface area contributed by atoms with Gasteiger partial charge in [-0.05, 0) is 32.1 Å². The molecule has 2 atom stereocenters. The van der Waals surface area contributed by atoms with Crippen LogP contribution in [0.3, 0.4) is 0 Å². The molecule has 0 radical (unpaired) electrons. The van der Waals surface area contributed by atoms with Crippen molar-refractivity contribution in [2.75, 3.05) is 33.9 Å². The lowest BCUT2D eigenvalue weighted by Gasteiger charge is -2.29. The summed E-state index contributed by atoms with van der Waals surface area (Å²) < 4.78 is 9.77. The number of methoxy groups -OCH3 is 2. The molecule has 0 amide bonds. The number of ether oxygens (including phenoxy) is 2. The number of hydrogen-bond donors (Lipinski definition) is 1. The number of nitrogens with two attached hydrogens (primary N) is 1.